The van der Waals surface area contributed by atoms with Crippen LogP contribution in [0.25, 0.3) is 0 Å². The van der Waals surface area contributed by atoms with E-state index in [4.69, 9.17) is 49.0 Å². The third-order valence-electron chi connectivity index (χ3n) is 7.76. The van der Waals surface area contributed by atoms with Crippen molar-refractivity contribution in [1.29, 1.82) is 0 Å². The first-order chi connectivity index (χ1) is 14.8. The molecule has 0 aromatic heterocycles. The van der Waals surface area contributed by atoms with Gasteiger partial charge in [-0.15, -0.1) is 0 Å². The van der Waals surface area contributed by atoms with Gasteiger partial charge in [0.1, 0.15) is 12.4 Å². The van der Waals surface area contributed by atoms with Crippen molar-refractivity contribution < 1.29 is 19.0 Å². The fraction of sp³-hybridized carbons (Fsp3) is 0.682. The zero-order chi connectivity index (χ0) is 22.0. The summed E-state index contributed by atoms with van der Waals surface area (Å²) >= 11 is 17.5. The number of carbonyl (C=O) groups excluding carboxylic acids is 1. The molecule has 31 heavy (non-hydrogen) atoms. The highest BCUT2D eigenvalue weighted by molar-refractivity contribution is 6.67. The van der Waals surface area contributed by atoms with Gasteiger partial charge in [0, 0.05) is 41.7 Å². The highest BCUT2D eigenvalue weighted by Crippen LogP contribution is 2.57. The monoisotopic (exact) mass is 488 g/mol. The predicted octanol–water partition coefficient (Wildman–Crippen LogP) is 4.75. The van der Waals surface area contributed by atoms with Crippen LogP contribution in [0.3, 0.4) is 0 Å². The molecule has 6 rings (SSSR count). The summed E-state index contributed by atoms with van der Waals surface area (Å²) in [6, 6.07) is 6.34. The summed E-state index contributed by atoms with van der Waals surface area (Å²) in [4.78, 5) is 15.1. The van der Waals surface area contributed by atoms with Gasteiger partial charge >= 0.3 is 6.09 Å². The molecule has 3 saturated heterocycles. The molecule has 4 aliphatic heterocycles. The molecule has 170 valence electrons. The summed E-state index contributed by atoms with van der Waals surface area (Å²) < 4.78 is 15.7. The molecule has 6 atom stereocenters. The Morgan fingerprint density at radius 1 is 1.35 bits per heavy atom. The maximum Gasteiger partial charge on any atom is 0.410 e. The second-order valence-electron chi connectivity index (χ2n) is 9.13. The fourth-order valence-electron chi connectivity index (χ4n) is 6.51. The molecule has 1 spiro atoms. The van der Waals surface area contributed by atoms with E-state index < -0.39 is 9.89 Å². The van der Waals surface area contributed by atoms with Crippen molar-refractivity contribution in [2.45, 2.75) is 53.6 Å². The highest BCUT2D eigenvalue weighted by Gasteiger charge is 2.63. The summed E-state index contributed by atoms with van der Waals surface area (Å²) in [5.41, 5.74) is 2.14. The number of halogens is 3. The highest BCUT2D eigenvalue weighted by atomic mass is 35.6. The van der Waals surface area contributed by atoms with E-state index in [0.717, 1.165) is 37.2 Å². The van der Waals surface area contributed by atoms with Crippen molar-refractivity contribution in [3.05, 3.63) is 23.8 Å². The lowest BCUT2D eigenvalue weighted by Crippen LogP contribution is -2.52. The second-order valence-corrected chi connectivity index (χ2v) is 11.6. The smallest absolute Gasteiger partial charge is 0.410 e. The van der Waals surface area contributed by atoms with Crippen molar-refractivity contribution in [2.75, 3.05) is 32.2 Å². The Morgan fingerprint density at radius 2 is 2.16 bits per heavy atom. The number of hydrogen-bond donors (Lipinski definition) is 1. The first-order valence-electron chi connectivity index (χ1n) is 10.8. The second kappa shape index (κ2) is 7.75. The molecule has 5 aliphatic rings. The third-order valence-corrected chi connectivity index (χ3v) is 8.09. The van der Waals surface area contributed by atoms with Gasteiger partial charge in [-0.1, -0.05) is 47.8 Å². The first-order valence-corrected chi connectivity index (χ1v) is 12.0. The average molecular weight is 490 g/mol. The topological polar surface area (TPSA) is 60.0 Å². The van der Waals surface area contributed by atoms with Crippen molar-refractivity contribution in [1.82, 2.24) is 4.90 Å². The van der Waals surface area contributed by atoms with Gasteiger partial charge in [0.2, 0.25) is 3.79 Å². The number of anilines is 1. The number of benzene rings is 1. The molecule has 4 bridgehead atoms. The van der Waals surface area contributed by atoms with Crippen molar-refractivity contribution in [3.8, 4) is 5.75 Å². The fourth-order valence-corrected chi connectivity index (χ4v) is 6.68. The van der Waals surface area contributed by atoms with Crippen LogP contribution >= 0.6 is 34.8 Å². The summed E-state index contributed by atoms with van der Waals surface area (Å²) in [5.74, 6) is 1.51. The lowest BCUT2D eigenvalue weighted by molar-refractivity contribution is -0.0592. The Balaban J connectivity index is 1.49. The number of carbonyl (C=O) groups is 1. The minimum Gasteiger partial charge on any atom is -0.497 e. The summed E-state index contributed by atoms with van der Waals surface area (Å²) in [6.07, 6.45) is 2.35. The number of likely N-dealkylation sites (tertiary alicyclic amines) is 1. The normalized spacial score (nSPS) is 35.6. The molecule has 0 radical (unpaired) electrons. The maximum absolute atomic E-state index is 13.2. The van der Waals surface area contributed by atoms with Crippen LogP contribution < -0.4 is 10.1 Å². The molecular weight excluding hydrogens is 463 g/mol. The van der Waals surface area contributed by atoms with Gasteiger partial charge in [0.05, 0.1) is 19.8 Å². The summed E-state index contributed by atoms with van der Waals surface area (Å²) in [6.45, 7) is 3.31. The van der Waals surface area contributed by atoms with E-state index in [1.54, 1.807) is 7.11 Å². The molecule has 1 aliphatic carbocycles. The predicted molar refractivity (Wildman–Crippen MR) is 120 cm³/mol. The molecule has 9 heteroatoms. The lowest BCUT2D eigenvalue weighted by atomic mass is 9.71. The SMILES string of the molecule is CC[C@@H]1[C@@H]2C[C@H]3OC[C@@H]2[C@H](C[C@@]32CNc3cc(OC)ccc32)N1C(=O)OCC(Cl)(Cl)Cl. The van der Waals surface area contributed by atoms with Crippen LogP contribution in [-0.4, -0.2) is 59.8 Å². The number of nitrogens with one attached hydrogen (secondary N) is 1. The molecule has 4 fully saturated rings. The van der Waals surface area contributed by atoms with E-state index in [9.17, 15) is 4.79 Å². The number of amides is 1. The minimum absolute atomic E-state index is 0.0279. The van der Waals surface area contributed by atoms with Crippen molar-refractivity contribution in [2.24, 2.45) is 11.8 Å². The molecule has 1 aromatic carbocycles. The Morgan fingerprint density at radius 3 is 2.87 bits per heavy atom. The number of ether oxygens (including phenoxy) is 3. The number of methoxy groups -OCH3 is 1. The molecule has 0 unspecified atom stereocenters. The Hall–Kier alpha value is -1.08. The Labute approximate surface area is 197 Å². The summed E-state index contributed by atoms with van der Waals surface area (Å²) in [7, 11) is 1.67. The molecule has 4 heterocycles. The Bertz CT molecular complexity index is 879. The van der Waals surface area contributed by atoms with E-state index in [-0.39, 0.29) is 30.2 Å². The van der Waals surface area contributed by atoms with Crippen LogP contribution in [-0.2, 0) is 14.9 Å². The van der Waals surface area contributed by atoms with Crippen LogP contribution in [0.15, 0.2) is 18.2 Å². The largest absolute Gasteiger partial charge is 0.497 e. The molecule has 1 amide bonds. The van der Waals surface area contributed by atoms with Crippen molar-refractivity contribution in [3.63, 3.8) is 0 Å². The zero-order valence-corrected chi connectivity index (χ0v) is 19.8. The number of alkyl halides is 3. The van der Waals surface area contributed by atoms with Crippen LogP contribution in [0.2, 0.25) is 0 Å². The Kier molecular flexibility index (Phi) is 5.44. The van der Waals surface area contributed by atoms with E-state index >= 15 is 0 Å². The first kappa shape index (κ1) is 21.7. The zero-order valence-electron chi connectivity index (χ0n) is 17.6. The summed E-state index contributed by atoms with van der Waals surface area (Å²) in [5, 5.41) is 3.57. The van der Waals surface area contributed by atoms with Gasteiger partial charge in [0.15, 0.2) is 0 Å². The maximum atomic E-state index is 13.2. The van der Waals surface area contributed by atoms with Gasteiger partial charge in [-0.25, -0.2) is 4.79 Å². The van der Waals surface area contributed by atoms with E-state index in [2.05, 4.69) is 18.3 Å². The number of fused-ring (bicyclic) bond motifs is 2. The quantitative estimate of drug-likeness (QED) is 0.621. The van der Waals surface area contributed by atoms with Crippen LogP contribution in [0.5, 0.6) is 5.75 Å². The van der Waals surface area contributed by atoms with Crippen molar-refractivity contribution >= 4 is 46.6 Å². The lowest BCUT2D eigenvalue weighted by Gasteiger charge is -2.43. The van der Waals surface area contributed by atoms with Gasteiger partial charge in [-0.05, 0) is 36.8 Å². The van der Waals surface area contributed by atoms with E-state index in [1.807, 2.05) is 17.0 Å². The number of rotatable bonds is 3. The van der Waals surface area contributed by atoms with Gasteiger partial charge < -0.3 is 24.4 Å². The molecule has 1 aromatic rings. The van der Waals surface area contributed by atoms with E-state index in [1.165, 1.54) is 5.56 Å². The number of nitrogens with zero attached hydrogens (tertiary/aromatic N) is 1. The van der Waals surface area contributed by atoms with Gasteiger partial charge in [-0.2, -0.15) is 0 Å². The van der Waals surface area contributed by atoms with Crippen LogP contribution in [0.4, 0.5) is 10.5 Å². The third kappa shape index (κ3) is 3.45. The van der Waals surface area contributed by atoms with E-state index in [0.29, 0.717) is 18.4 Å². The standard InChI is InChI=1S/C22H27Cl3N2O4/c1-3-17-13-7-19-21(10-26-16-6-12(29-2)4-5-15(16)21)8-18(14(13)9-30-19)27(17)20(28)31-11-22(23,24)25/h4-6,13-14,17-19,26H,3,7-11H2,1-2H3/t13-,14+,17-,18+,19-,21+/m1/s1. The molecule has 6 nitrogen and oxygen atoms in total. The van der Waals surface area contributed by atoms with Gasteiger partial charge in [-0.3, -0.25) is 0 Å². The molecular formula is C22H27Cl3N2O4. The average Bonchev–Trinajstić information content (AvgIpc) is 3.16. The van der Waals surface area contributed by atoms with Gasteiger partial charge in [0.25, 0.3) is 0 Å². The minimum atomic E-state index is -1.63. The number of hydrogen-bond acceptors (Lipinski definition) is 5. The van der Waals surface area contributed by atoms with Crippen LogP contribution in [0.1, 0.15) is 31.7 Å². The molecule has 1 N–H and O–H groups in total. The molecule has 1 saturated carbocycles. The van der Waals surface area contributed by atoms with Crippen LogP contribution in [0, 0.1) is 11.8 Å².